The molecular formula is C30H40FN5. The highest BCUT2D eigenvalue weighted by molar-refractivity contribution is 5.64. The van der Waals surface area contributed by atoms with Gasteiger partial charge in [0.15, 0.2) is 0 Å². The quantitative estimate of drug-likeness (QED) is 0.364. The minimum absolute atomic E-state index is 0. The first-order valence-corrected chi connectivity index (χ1v) is 13.0. The maximum atomic E-state index is 14.1. The summed E-state index contributed by atoms with van der Waals surface area (Å²) in [6.07, 6.45) is 3.26. The molecule has 192 valence electrons. The van der Waals surface area contributed by atoms with Gasteiger partial charge in [0.05, 0.1) is 5.69 Å². The lowest BCUT2D eigenvalue weighted by molar-refractivity contribution is 0.117. The van der Waals surface area contributed by atoms with E-state index in [1.165, 1.54) is 5.56 Å². The molecule has 2 aromatic carbocycles. The van der Waals surface area contributed by atoms with Crippen molar-refractivity contribution in [1.82, 2.24) is 20.2 Å². The zero-order valence-electron chi connectivity index (χ0n) is 21.7. The van der Waals surface area contributed by atoms with Crippen molar-refractivity contribution in [1.29, 1.82) is 0 Å². The largest absolute Gasteiger partial charge is 0.354 e. The number of aromatic nitrogens is 2. The van der Waals surface area contributed by atoms with Crippen LogP contribution in [0.3, 0.4) is 0 Å². The molecule has 0 spiro atoms. The van der Waals surface area contributed by atoms with Gasteiger partial charge >= 0.3 is 0 Å². The molecule has 36 heavy (non-hydrogen) atoms. The Morgan fingerprint density at radius 2 is 2.08 bits per heavy atom. The van der Waals surface area contributed by atoms with Gasteiger partial charge in [0.25, 0.3) is 0 Å². The van der Waals surface area contributed by atoms with Crippen molar-refractivity contribution in [3.63, 3.8) is 0 Å². The van der Waals surface area contributed by atoms with Crippen molar-refractivity contribution in [2.24, 2.45) is 5.92 Å². The van der Waals surface area contributed by atoms with Crippen LogP contribution in [0.4, 0.5) is 10.3 Å². The molecule has 1 unspecified atom stereocenters. The normalized spacial score (nSPS) is 16.3. The molecule has 2 heterocycles. The zero-order chi connectivity index (χ0) is 25.5. The van der Waals surface area contributed by atoms with Crippen LogP contribution in [0, 0.1) is 11.7 Å². The second kappa shape index (κ2) is 12.2. The lowest BCUT2D eigenvalue weighted by Crippen LogP contribution is -2.52. The Morgan fingerprint density at radius 3 is 2.89 bits per heavy atom. The van der Waals surface area contributed by atoms with Crippen LogP contribution in [0.5, 0.6) is 0 Å². The number of benzene rings is 2. The van der Waals surface area contributed by atoms with Gasteiger partial charge in [-0.2, -0.15) is 0 Å². The number of halogens is 1. The van der Waals surface area contributed by atoms with Crippen LogP contribution in [0.25, 0.3) is 16.8 Å². The molecular weight excluding hydrogens is 449 g/mol. The highest BCUT2D eigenvalue weighted by Gasteiger charge is 2.24. The number of rotatable bonds is 10. The predicted octanol–water partition coefficient (Wildman–Crippen LogP) is 6.04. The number of allylic oxidation sites excluding steroid dienone is 1. The average molecular weight is 490 g/mol. The van der Waals surface area contributed by atoms with Crippen LogP contribution >= 0.6 is 0 Å². The first-order chi connectivity index (χ1) is 17.4. The van der Waals surface area contributed by atoms with Crippen molar-refractivity contribution in [2.75, 3.05) is 31.5 Å². The van der Waals surface area contributed by atoms with E-state index in [2.05, 4.69) is 65.2 Å². The van der Waals surface area contributed by atoms with Gasteiger partial charge in [-0.3, -0.25) is 4.90 Å². The fraction of sp³-hybridized carbons (Fsp3) is 0.400. The molecule has 1 saturated heterocycles. The fourth-order valence-corrected chi connectivity index (χ4v) is 4.81. The van der Waals surface area contributed by atoms with E-state index in [1.807, 2.05) is 19.1 Å². The van der Waals surface area contributed by atoms with Crippen molar-refractivity contribution in [2.45, 2.75) is 46.2 Å². The molecule has 0 bridgehead atoms. The zero-order valence-corrected chi connectivity index (χ0v) is 21.7. The van der Waals surface area contributed by atoms with E-state index in [0.717, 1.165) is 60.6 Å². The van der Waals surface area contributed by atoms with E-state index in [9.17, 15) is 4.39 Å². The van der Waals surface area contributed by atoms with E-state index in [1.54, 1.807) is 18.3 Å². The Balaban J connectivity index is 0.00000380. The molecule has 0 radical (unpaired) electrons. The topological polar surface area (TPSA) is 53.1 Å². The number of piperazine rings is 1. The third-order valence-corrected chi connectivity index (χ3v) is 6.92. The summed E-state index contributed by atoms with van der Waals surface area (Å²) in [6, 6.07) is 16.3. The van der Waals surface area contributed by atoms with Crippen LogP contribution in [-0.4, -0.2) is 47.1 Å². The second-order valence-corrected chi connectivity index (χ2v) is 9.93. The first kappa shape index (κ1) is 26.0. The smallest absolute Gasteiger partial charge is 0.223 e. The number of hydrogen-bond donors (Lipinski definition) is 2. The second-order valence-electron chi connectivity index (χ2n) is 9.93. The third-order valence-electron chi connectivity index (χ3n) is 6.92. The summed E-state index contributed by atoms with van der Waals surface area (Å²) < 4.78 is 14.1. The van der Waals surface area contributed by atoms with Crippen LogP contribution < -0.4 is 10.6 Å². The Hall–Kier alpha value is -3.09. The molecule has 4 rings (SSSR count). The predicted molar refractivity (Wildman–Crippen MR) is 149 cm³/mol. The molecule has 1 aromatic heterocycles. The summed E-state index contributed by atoms with van der Waals surface area (Å²) in [4.78, 5) is 11.7. The highest BCUT2D eigenvalue weighted by atomic mass is 19.1. The minimum Gasteiger partial charge on any atom is -0.354 e. The number of hydrogen-bond acceptors (Lipinski definition) is 5. The Labute approximate surface area is 216 Å². The summed E-state index contributed by atoms with van der Waals surface area (Å²) in [5, 5.41) is 6.83. The summed E-state index contributed by atoms with van der Waals surface area (Å²) in [7, 11) is 0. The van der Waals surface area contributed by atoms with Gasteiger partial charge in [0, 0.05) is 52.0 Å². The molecule has 0 saturated carbocycles. The summed E-state index contributed by atoms with van der Waals surface area (Å²) in [5.41, 5.74) is 6.02. The highest BCUT2D eigenvalue weighted by Crippen LogP contribution is 2.23. The van der Waals surface area contributed by atoms with Gasteiger partial charge in [-0.15, -0.1) is 0 Å². The molecule has 1 atom stereocenters. The molecule has 2 N–H and O–H groups in total. The Kier molecular flexibility index (Phi) is 8.83. The standard InChI is InChI=1S/C30H38FN5.H2/c1-5-22(4)26-15-23(17-27(31)18-26)9-11-33-30-34-12-10-28(35-30)25-8-6-7-24(16-25)20-36-14-13-32-19-29(36)21(2)3;/h6-8,10,12,15-18,21,29,32H,4-5,9,11,13-14,19-20H2,1-3H3,(H,33,34,35);1H. The maximum Gasteiger partial charge on any atom is 0.223 e. The maximum absolute atomic E-state index is 14.1. The molecule has 5 nitrogen and oxygen atoms in total. The van der Waals surface area contributed by atoms with Gasteiger partial charge in [-0.05, 0) is 65.3 Å². The van der Waals surface area contributed by atoms with Crippen molar-refractivity contribution in [3.8, 4) is 11.3 Å². The van der Waals surface area contributed by atoms with Gasteiger partial charge in [-0.25, -0.2) is 14.4 Å². The SMILES string of the molecule is C=C(CC)c1cc(F)cc(CCNc2nccc(-c3cccc(CN4CCNCC4C(C)C)c3)n2)c1.[HH]. The van der Waals surface area contributed by atoms with Crippen LogP contribution in [0.1, 0.15) is 45.3 Å². The van der Waals surface area contributed by atoms with Crippen LogP contribution in [0.2, 0.25) is 0 Å². The van der Waals surface area contributed by atoms with E-state index in [-0.39, 0.29) is 7.24 Å². The summed E-state index contributed by atoms with van der Waals surface area (Å²) in [5.74, 6) is 0.964. The molecule has 0 aliphatic carbocycles. The van der Waals surface area contributed by atoms with Gasteiger partial charge < -0.3 is 10.6 Å². The number of nitrogens with zero attached hydrogens (tertiary/aromatic N) is 3. The Morgan fingerprint density at radius 1 is 1.22 bits per heavy atom. The van der Waals surface area contributed by atoms with Crippen LogP contribution in [-0.2, 0) is 13.0 Å². The van der Waals surface area contributed by atoms with Crippen LogP contribution in [0.15, 0.2) is 61.3 Å². The molecule has 1 aliphatic heterocycles. The van der Waals surface area contributed by atoms with E-state index < -0.39 is 0 Å². The van der Waals surface area contributed by atoms with Gasteiger partial charge in [0.2, 0.25) is 5.95 Å². The number of nitrogens with one attached hydrogen (secondary N) is 2. The van der Waals surface area contributed by atoms with Gasteiger partial charge in [0.1, 0.15) is 5.82 Å². The fourth-order valence-electron chi connectivity index (χ4n) is 4.81. The molecule has 1 fully saturated rings. The van der Waals surface area contributed by atoms with Crippen molar-refractivity contribution in [3.05, 3.63) is 83.8 Å². The van der Waals surface area contributed by atoms with Crippen molar-refractivity contribution < 1.29 is 5.82 Å². The van der Waals surface area contributed by atoms with Gasteiger partial charge in [-0.1, -0.05) is 51.6 Å². The monoisotopic (exact) mass is 489 g/mol. The van der Waals surface area contributed by atoms with E-state index in [4.69, 9.17) is 4.98 Å². The van der Waals surface area contributed by atoms with E-state index in [0.29, 0.717) is 30.9 Å². The molecule has 1 aliphatic rings. The lowest BCUT2D eigenvalue weighted by atomic mass is 9.99. The van der Waals surface area contributed by atoms with E-state index >= 15 is 0 Å². The molecule has 6 heteroatoms. The third kappa shape index (κ3) is 6.77. The first-order valence-electron chi connectivity index (χ1n) is 13.0. The Bertz CT molecular complexity index is 1180. The van der Waals surface area contributed by atoms with Crippen molar-refractivity contribution >= 4 is 11.5 Å². The summed E-state index contributed by atoms with van der Waals surface area (Å²) >= 11 is 0. The number of anilines is 1. The average Bonchev–Trinajstić information content (AvgIpc) is 2.88. The lowest BCUT2D eigenvalue weighted by Gasteiger charge is -2.38. The summed E-state index contributed by atoms with van der Waals surface area (Å²) in [6.45, 7) is 15.4. The molecule has 0 amide bonds. The minimum atomic E-state index is -0.226. The molecule has 3 aromatic rings.